The fraction of sp³-hybridized carbons (Fsp3) is 0.650. The molecule has 5 heteroatoms. The van der Waals surface area contributed by atoms with Crippen LogP contribution in [0.25, 0.3) is 0 Å². The number of aliphatic hydroxyl groups is 1. The summed E-state index contributed by atoms with van der Waals surface area (Å²) in [5.74, 6) is 0.713. The van der Waals surface area contributed by atoms with Gasteiger partial charge < -0.3 is 15.3 Å². The highest BCUT2D eigenvalue weighted by Crippen LogP contribution is 2.43. The summed E-state index contributed by atoms with van der Waals surface area (Å²) in [7, 11) is 0. The van der Waals surface area contributed by atoms with Crippen molar-refractivity contribution in [2.45, 2.75) is 57.6 Å². The Labute approximate surface area is 159 Å². The van der Waals surface area contributed by atoms with E-state index >= 15 is 0 Å². The van der Waals surface area contributed by atoms with Crippen molar-refractivity contribution in [1.29, 1.82) is 0 Å². The summed E-state index contributed by atoms with van der Waals surface area (Å²) in [4.78, 5) is 15.0. The van der Waals surface area contributed by atoms with E-state index in [0.29, 0.717) is 19.0 Å². The molecule has 25 heavy (non-hydrogen) atoms. The van der Waals surface area contributed by atoms with Gasteiger partial charge in [0.15, 0.2) is 0 Å². The Morgan fingerprint density at radius 2 is 2.12 bits per heavy atom. The third kappa shape index (κ3) is 4.44. The smallest absolute Gasteiger partial charge is 0.237 e. The van der Waals surface area contributed by atoms with Gasteiger partial charge in [-0.25, -0.2) is 0 Å². The SMILES string of the molecule is C[C@@H](O)CNCC(=O)N1CCc2c(Br)cccc2C1C1CCCCC1. The Morgan fingerprint density at radius 1 is 1.36 bits per heavy atom. The minimum absolute atomic E-state index is 0.154. The number of halogens is 1. The maximum absolute atomic E-state index is 12.9. The van der Waals surface area contributed by atoms with E-state index in [1.165, 1.54) is 47.7 Å². The van der Waals surface area contributed by atoms with Gasteiger partial charge in [-0.1, -0.05) is 47.3 Å². The van der Waals surface area contributed by atoms with Gasteiger partial charge in [0, 0.05) is 17.6 Å². The van der Waals surface area contributed by atoms with Crippen LogP contribution >= 0.6 is 15.9 Å². The first-order valence-corrected chi connectivity index (χ1v) is 10.3. The molecule has 1 aliphatic heterocycles. The van der Waals surface area contributed by atoms with Crippen molar-refractivity contribution < 1.29 is 9.90 Å². The summed E-state index contributed by atoms with van der Waals surface area (Å²) in [6.07, 6.45) is 6.75. The van der Waals surface area contributed by atoms with E-state index in [1.54, 1.807) is 6.92 Å². The van der Waals surface area contributed by atoms with Gasteiger partial charge in [-0.3, -0.25) is 4.79 Å². The van der Waals surface area contributed by atoms with E-state index in [2.05, 4.69) is 44.3 Å². The van der Waals surface area contributed by atoms with Gasteiger partial charge >= 0.3 is 0 Å². The number of amides is 1. The summed E-state index contributed by atoms with van der Waals surface area (Å²) in [5.41, 5.74) is 2.70. The zero-order valence-electron chi connectivity index (χ0n) is 15.0. The summed E-state index contributed by atoms with van der Waals surface area (Å²) < 4.78 is 1.17. The minimum Gasteiger partial charge on any atom is -0.392 e. The molecule has 4 nitrogen and oxygen atoms in total. The maximum Gasteiger partial charge on any atom is 0.237 e. The van der Waals surface area contributed by atoms with Crippen LogP contribution in [0.1, 0.15) is 56.2 Å². The van der Waals surface area contributed by atoms with Crippen LogP contribution in [0, 0.1) is 5.92 Å². The molecule has 0 saturated heterocycles. The van der Waals surface area contributed by atoms with Crippen molar-refractivity contribution in [2.75, 3.05) is 19.6 Å². The minimum atomic E-state index is -0.431. The Bertz CT molecular complexity index is 599. The molecule has 1 amide bonds. The average molecular weight is 409 g/mol. The predicted molar refractivity (Wildman–Crippen MR) is 103 cm³/mol. The van der Waals surface area contributed by atoms with Crippen molar-refractivity contribution in [3.8, 4) is 0 Å². The fourth-order valence-corrected chi connectivity index (χ4v) is 4.96. The third-order valence-corrected chi connectivity index (χ3v) is 6.29. The molecule has 1 aliphatic carbocycles. The Kier molecular flexibility index (Phi) is 6.53. The number of benzene rings is 1. The second-order valence-electron chi connectivity index (χ2n) is 7.47. The molecule has 1 heterocycles. The Hall–Kier alpha value is -0.910. The Morgan fingerprint density at radius 3 is 2.84 bits per heavy atom. The number of fused-ring (bicyclic) bond motifs is 1. The average Bonchev–Trinajstić information content (AvgIpc) is 2.61. The van der Waals surface area contributed by atoms with Crippen molar-refractivity contribution in [1.82, 2.24) is 10.2 Å². The van der Waals surface area contributed by atoms with Gasteiger partial charge in [-0.2, -0.15) is 0 Å². The first-order valence-electron chi connectivity index (χ1n) is 9.53. The zero-order valence-corrected chi connectivity index (χ0v) is 16.6. The molecule has 0 spiro atoms. The van der Waals surface area contributed by atoms with Crippen LogP contribution in [0.5, 0.6) is 0 Å². The quantitative estimate of drug-likeness (QED) is 0.784. The number of rotatable bonds is 5. The lowest BCUT2D eigenvalue weighted by Gasteiger charge is -2.43. The molecule has 1 saturated carbocycles. The van der Waals surface area contributed by atoms with Crippen LogP contribution in [-0.2, 0) is 11.2 Å². The highest BCUT2D eigenvalue weighted by Gasteiger charge is 2.37. The molecule has 138 valence electrons. The van der Waals surface area contributed by atoms with Crippen molar-refractivity contribution in [3.63, 3.8) is 0 Å². The maximum atomic E-state index is 12.9. The largest absolute Gasteiger partial charge is 0.392 e. The summed E-state index contributed by atoms with van der Waals surface area (Å²) in [6, 6.07) is 6.61. The van der Waals surface area contributed by atoms with E-state index < -0.39 is 6.10 Å². The van der Waals surface area contributed by atoms with Crippen molar-refractivity contribution in [2.24, 2.45) is 5.92 Å². The van der Waals surface area contributed by atoms with Gasteiger partial charge in [0.25, 0.3) is 0 Å². The lowest BCUT2D eigenvalue weighted by Crippen LogP contribution is -2.47. The van der Waals surface area contributed by atoms with E-state index in [1.807, 2.05) is 0 Å². The molecular formula is C20H29BrN2O2. The van der Waals surface area contributed by atoms with Crippen molar-refractivity contribution in [3.05, 3.63) is 33.8 Å². The first kappa shape index (κ1) is 18.9. The van der Waals surface area contributed by atoms with Gasteiger partial charge in [0.1, 0.15) is 0 Å². The number of hydrogen-bond donors (Lipinski definition) is 2. The first-order chi connectivity index (χ1) is 12.1. The third-order valence-electron chi connectivity index (χ3n) is 5.54. The van der Waals surface area contributed by atoms with E-state index in [0.717, 1.165) is 13.0 Å². The predicted octanol–water partition coefficient (Wildman–Crippen LogP) is 3.43. The van der Waals surface area contributed by atoms with Crippen LogP contribution in [0.2, 0.25) is 0 Å². The molecule has 2 atom stereocenters. The lowest BCUT2D eigenvalue weighted by atomic mass is 9.77. The zero-order chi connectivity index (χ0) is 17.8. The monoisotopic (exact) mass is 408 g/mol. The molecular weight excluding hydrogens is 380 g/mol. The molecule has 2 aliphatic rings. The number of nitrogens with zero attached hydrogens (tertiary/aromatic N) is 1. The van der Waals surface area contributed by atoms with Gasteiger partial charge in [-0.15, -0.1) is 0 Å². The van der Waals surface area contributed by atoms with Crippen LogP contribution < -0.4 is 5.32 Å². The van der Waals surface area contributed by atoms with Gasteiger partial charge in [0.05, 0.1) is 18.7 Å². The number of nitrogens with one attached hydrogen (secondary N) is 1. The molecule has 1 aromatic carbocycles. The highest BCUT2D eigenvalue weighted by molar-refractivity contribution is 9.10. The normalized spacial score (nSPS) is 22.5. The summed E-state index contributed by atoms with van der Waals surface area (Å²) in [6.45, 7) is 3.27. The van der Waals surface area contributed by atoms with Crippen LogP contribution in [0.15, 0.2) is 22.7 Å². The van der Waals surface area contributed by atoms with Crippen LogP contribution in [-0.4, -0.2) is 41.7 Å². The second kappa shape index (κ2) is 8.65. The van der Waals surface area contributed by atoms with Crippen molar-refractivity contribution >= 4 is 21.8 Å². The number of carbonyl (C=O) groups excluding carboxylic acids is 1. The van der Waals surface area contributed by atoms with Gasteiger partial charge in [0.2, 0.25) is 5.91 Å². The van der Waals surface area contributed by atoms with Crippen LogP contribution in [0.4, 0.5) is 0 Å². The van der Waals surface area contributed by atoms with Gasteiger partial charge in [-0.05, 0) is 49.3 Å². The lowest BCUT2D eigenvalue weighted by molar-refractivity contribution is -0.134. The molecule has 1 fully saturated rings. The molecule has 0 radical (unpaired) electrons. The summed E-state index contributed by atoms with van der Waals surface area (Å²) in [5, 5.41) is 12.5. The number of carbonyl (C=O) groups is 1. The highest BCUT2D eigenvalue weighted by atomic mass is 79.9. The molecule has 1 unspecified atom stereocenters. The topological polar surface area (TPSA) is 52.6 Å². The van der Waals surface area contributed by atoms with E-state index in [4.69, 9.17) is 0 Å². The Balaban J connectivity index is 1.82. The standard InChI is InChI=1S/C20H29BrN2O2/c1-14(24)12-22-13-19(25)23-11-10-16-17(8-5-9-18(16)21)20(23)15-6-3-2-4-7-15/h5,8-9,14-15,20,22,24H,2-4,6-7,10-13H2,1H3/t14-,20?/m1/s1. The number of hydrogen-bond acceptors (Lipinski definition) is 3. The fourth-order valence-electron chi connectivity index (χ4n) is 4.38. The summed E-state index contributed by atoms with van der Waals surface area (Å²) >= 11 is 3.70. The molecule has 0 bridgehead atoms. The molecule has 3 rings (SSSR count). The molecule has 2 N–H and O–H groups in total. The number of aliphatic hydroxyl groups excluding tert-OH is 1. The van der Waals surface area contributed by atoms with Crippen LogP contribution in [0.3, 0.4) is 0 Å². The van der Waals surface area contributed by atoms with E-state index in [-0.39, 0.29) is 11.9 Å². The van der Waals surface area contributed by atoms with E-state index in [9.17, 15) is 9.90 Å². The molecule has 0 aromatic heterocycles. The molecule has 1 aromatic rings. The second-order valence-corrected chi connectivity index (χ2v) is 8.32.